The van der Waals surface area contributed by atoms with Crippen LogP contribution in [0.5, 0.6) is 0 Å². The quantitative estimate of drug-likeness (QED) is 0.934. The number of aliphatic carboxylic acids is 1. The van der Waals surface area contributed by atoms with E-state index in [4.69, 9.17) is 0 Å². The number of carboxylic acid groups (broad SMARTS) is 1. The van der Waals surface area contributed by atoms with Crippen LogP contribution in [-0.4, -0.2) is 16.1 Å². The van der Waals surface area contributed by atoms with Crippen LogP contribution >= 0.6 is 0 Å². The minimum atomic E-state index is -0.745. The van der Waals surface area contributed by atoms with E-state index in [2.05, 4.69) is 11.1 Å². The highest BCUT2D eigenvalue weighted by Crippen LogP contribution is 2.41. The van der Waals surface area contributed by atoms with E-state index >= 15 is 0 Å². The summed E-state index contributed by atoms with van der Waals surface area (Å²) < 4.78 is 0. The molecule has 1 aliphatic rings. The summed E-state index contributed by atoms with van der Waals surface area (Å²) in [5.74, 6) is -0.696. The van der Waals surface area contributed by atoms with Crippen LogP contribution < -0.4 is 0 Å². The molecule has 0 saturated heterocycles. The monoisotopic (exact) mass is 281 g/mol. The second-order valence-electron chi connectivity index (χ2n) is 5.76. The Balaban J connectivity index is 1.93. The molecular weight excluding hydrogens is 262 g/mol. The molecule has 108 valence electrons. The van der Waals surface area contributed by atoms with E-state index in [1.165, 1.54) is 5.56 Å². The summed E-state index contributed by atoms with van der Waals surface area (Å²) in [5.41, 5.74) is 2.55. The maximum Gasteiger partial charge on any atom is 0.314 e. The van der Waals surface area contributed by atoms with Crippen LogP contribution in [0.2, 0.25) is 0 Å². The Morgan fingerprint density at radius 3 is 2.86 bits per heavy atom. The smallest absolute Gasteiger partial charge is 0.314 e. The molecule has 3 heteroatoms. The van der Waals surface area contributed by atoms with Gasteiger partial charge in [0.05, 0.1) is 5.41 Å². The van der Waals surface area contributed by atoms with Gasteiger partial charge in [-0.05, 0) is 54.9 Å². The van der Waals surface area contributed by atoms with Crippen molar-refractivity contribution in [1.29, 1.82) is 0 Å². The van der Waals surface area contributed by atoms with E-state index in [9.17, 15) is 9.90 Å². The number of aryl methyl sites for hydroxylation is 2. The van der Waals surface area contributed by atoms with Crippen molar-refractivity contribution in [3.8, 4) is 0 Å². The first kappa shape index (κ1) is 13.8. The van der Waals surface area contributed by atoms with Crippen molar-refractivity contribution in [1.82, 2.24) is 4.98 Å². The number of benzene rings is 1. The van der Waals surface area contributed by atoms with E-state index in [-0.39, 0.29) is 0 Å². The van der Waals surface area contributed by atoms with Crippen LogP contribution in [0.15, 0.2) is 48.8 Å². The zero-order valence-corrected chi connectivity index (χ0v) is 12.0. The molecule has 1 aromatic carbocycles. The van der Waals surface area contributed by atoms with Gasteiger partial charge in [0.1, 0.15) is 0 Å². The molecule has 0 fully saturated rings. The van der Waals surface area contributed by atoms with Crippen molar-refractivity contribution in [2.45, 2.75) is 37.5 Å². The van der Waals surface area contributed by atoms with E-state index in [1.54, 1.807) is 6.20 Å². The fraction of sp³-hybridized carbons (Fsp3) is 0.333. The Labute approximate surface area is 124 Å². The maximum absolute atomic E-state index is 12.0. The maximum atomic E-state index is 12.0. The van der Waals surface area contributed by atoms with Gasteiger partial charge in [-0.25, -0.2) is 0 Å². The SMILES string of the molecule is O=C(O)C1(CCc2cccnc2)CCCc2ccccc21. The summed E-state index contributed by atoms with van der Waals surface area (Å²) in [6.07, 6.45) is 7.59. The Hall–Kier alpha value is -2.16. The van der Waals surface area contributed by atoms with Crippen LogP contribution in [-0.2, 0) is 23.1 Å². The van der Waals surface area contributed by atoms with Gasteiger partial charge in [0.15, 0.2) is 0 Å². The Bertz CT molecular complexity index is 639. The average Bonchev–Trinajstić information content (AvgIpc) is 2.53. The normalized spacial score (nSPS) is 20.8. The molecule has 1 aliphatic carbocycles. The van der Waals surface area contributed by atoms with Crippen molar-refractivity contribution >= 4 is 5.97 Å². The predicted octanol–water partition coefficient (Wildman–Crippen LogP) is 3.37. The first-order chi connectivity index (χ1) is 10.2. The lowest BCUT2D eigenvalue weighted by molar-refractivity contribution is -0.144. The molecule has 0 radical (unpaired) electrons. The summed E-state index contributed by atoms with van der Waals surface area (Å²) in [6, 6.07) is 11.9. The van der Waals surface area contributed by atoms with Crippen LogP contribution in [0, 0.1) is 0 Å². The lowest BCUT2D eigenvalue weighted by Crippen LogP contribution is -2.39. The average molecular weight is 281 g/mol. The van der Waals surface area contributed by atoms with Crippen LogP contribution in [0.4, 0.5) is 0 Å². The molecule has 0 saturated carbocycles. The number of carboxylic acids is 1. The van der Waals surface area contributed by atoms with Crippen LogP contribution in [0.1, 0.15) is 36.0 Å². The summed E-state index contributed by atoms with van der Waals surface area (Å²) >= 11 is 0. The Morgan fingerprint density at radius 2 is 2.10 bits per heavy atom. The summed E-state index contributed by atoms with van der Waals surface area (Å²) in [6.45, 7) is 0. The highest BCUT2D eigenvalue weighted by atomic mass is 16.4. The van der Waals surface area contributed by atoms with Gasteiger partial charge < -0.3 is 5.11 Å². The molecule has 1 N–H and O–H groups in total. The van der Waals surface area contributed by atoms with Gasteiger partial charge in [-0.1, -0.05) is 30.3 Å². The molecule has 0 aliphatic heterocycles. The summed E-state index contributed by atoms with van der Waals surface area (Å²) in [5, 5.41) is 9.90. The summed E-state index contributed by atoms with van der Waals surface area (Å²) in [7, 11) is 0. The van der Waals surface area contributed by atoms with Gasteiger partial charge >= 0.3 is 5.97 Å². The molecular formula is C18H19NO2. The number of hydrogen-bond acceptors (Lipinski definition) is 2. The standard InChI is InChI=1S/C18H19NO2/c20-17(21)18(11-9-14-5-4-12-19-13-14)10-3-7-15-6-1-2-8-16(15)18/h1-2,4-6,8,12-13H,3,7,9-11H2,(H,20,21). The third kappa shape index (κ3) is 2.56. The van der Waals surface area contributed by atoms with Gasteiger partial charge in [-0.3, -0.25) is 9.78 Å². The van der Waals surface area contributed by atoms with Gasteiger partial charge in [-0.15, -0.1) is 0 Å². The number of hydrogen-bond donors (Lipinski definition) is 1. The third-order valence-corrected chi connectivity index (χ3v) is 4.56. The molecule has 1 atom stereocenters. The number of pyridine rings is 1. The molecule has 0 bridgehead atoms. The molecule has 0 spiro atoms. The zero-order valence-electron chi connectivity index (χ0n) is 12.0. The molecule has 21 heavy (non-hydrogen) atoms. The van der Waals surface area contributed by atoms with Gasteiger partial charge in [0.2, 0.25) is 0 Å². The Morgan fingerprint density at radius 1 is 1.24 bits per heavy atom. The van der Waals surface area contributed by atoms with Crippen LogP contribution in [0.3, 0.4) is 0 Å². The van der Waals surface area contributed by atoms with Crippen molar-refractivity contribution in [2.24, 2.45) is 0 Å². The molecule has 2 aromatic rings. The van der Waals surface area contributed by atoms with E-state index in [1.807, 2.05) is 36.5 Å². The number of aromatic nitrogens is 1. The Kier molecular flexibility index (Phi) is 3.74. The highest BCUT2D eigenvalue weighted by molar-refractivity contribution is 5.82. The molecule has 0 amide bonds. The van der Waals surface area contributed by atoms with E-state index in [0.29, 0.717) is 6.42 Å². The number of rotatable bonds is 4. The summed E-state index contributed by atoms with van der Waals surface area (Å²) in [4.78, 5) is 16.2. The van der Waals surface area contributed by atoms with Gasteiger partial charge in [0, 0.05) is 12.4 Å². The van der Waals surface area contributed by atoms with Crippen molar-refractivity contribution in [2.75, 3.05) is 0 Å². The fourth-order valence-electron chi connectivity index (χ4n) is 3.41. The second-order valence-corrected chi connectivity index (χ2v) is 5.76. The highest BCUT2D eigenvalue weighted by Gasteiger charge is 2.42. The zero-order chi connectivity index (χ0) is 14.7. The number of fused-ring (bicyclic) bond motifs is 1. The first-order valence-corrected chi connectivity index (χ1v) is 7.43. The largest absolute Gasteiger partial charge is 0.481 e. The van der Waals surface area contributed by atoms with E-state index < -0.39 is 11.4 Å². The molecule has 1 heterocycles. The van der Waals surface area contributed by atoms with Crippen molar-refractivity contribution in [3.05, 3.63) is 65.5 Å². The van der Waals surface area contributed by atoms with Gasteiger partial charge in [-0.2, -0.15) is 0 Å². The van der Waals surface area contributed by atoms with Crippen molar-refractivity contribution < 1.29 is 9.90 Å². The van der Waals surface area contributed by atoms with Gasteiger partial charge in [0.25, 0.3) is 0 Å². The third-order valence-electron chi connectivity index (χ3n) is 4.56. The van der Waals surface area contributed by atoms with E-state index in [0.717, 1.165) is 36.8 Å². The fourth-order valence-corrected chi connectivity index (χ4v) is 3.41. The lowest BCUT2D eigenvalue weighted by atomic mass is 9.67. The number of nitrogens with zero attached hydrogens (tertiary/aromatic N) is 1. The first-order valence-electron chi connectivity index (χ1n) is 7.43. The molecule has 3 rings (SSSR count). The minimum Gasteiger partial charge on any atom is -0.481 e. The lowest BCUT2D eigenvalue weighted by Gasteiger charge is -2.35. The predicted molar refractivity (Wildman–Crippen MR) is 81.3 cm³/mol. The molecule has 1 unspecified atom stereocenters. The molecule has 3 nitrogen and oxygen atoms in total. The minimum absolute atomic E-state index is 0.630. The topological polar surface area (TPSA) is 50.2 Å². The number of carbonyl (C=O) groups is 1. The second kappa shape index (κ2) is 5.68. The molecule has 1 aromatic heterocycles. The van der Waals surface area contributed by atoms with Crippen LogP contribution in [0.25, 0.3) is 0 Å². The van der Waals surface area contributed by atoms with Crippen molar-refractivity contribution in [3.63, 3.8) is 0 Å².